The number of esters is 1. The van der Waals surface area contributed by atoms with Crippen molar-refractivity contribution in [3.8, 4) is 0 Å². The molecule has 0 saturated carbocycles. The van der Waals surface area contributed by atoms with Crippen molar-refractivity contribution < 1.29 is 24.0 Å². The first-order valence-electron chi connectivity index (χ1n) is 8.30. The van der Waals surface area contributed by atoms with Gasteiger partial charge >= 0.3 is 5.97 Å². The predicted octanol–water partition coefficient (Wildman–Crippen LogP) is 3.06. The van der Waals surface area contributed by atoms with Crippen LogP contribution in [0.25, 0.3) is 0 Å². The van der Waals surface area contributed by atoms with Crippen LogP contribution in [0, 0.1) is 24.0 Å². The van der Waals surface area contributed by atoms with Crippen LogP contribution in [0.4, 0.5) is 10.7 Å². The van der Waals surface area contributed by atoms with Gasteiger partial charge in [-0.3, -0.25) is 19.7 Å². The quantitative estimate of drug-likeness (QED) is 0.432. The summed E-state index contributed by atoms with van der Waals surface area (Å²) in [4.78, 5) is 48.1. The number of amides is 2. The van der Waals surface area contributed by atoms with Crippen molar-refractivity contribution in [1.82, 2.24) is 5.32 Å². The van der Waals surface area contributed by atoms with Crippen LogP contribution in [0.15, 0.2) is 18.2 Å². The lowest BCUT2D eigenvalue weighted by Crippen LogP contribution is -2.18. The van der Waals surface area contributed by atoms with Crippen LogP contribution >= 0.6 is 11.3 Å². The van der Waals surface area contributed by atoms with Crippen LogP contribution in [-0.4, -0.2) is 36.4 Å². The molecular formula is C18H19N3O6S. The van der Waals surface area contributed by atoms with Crippen molar-refractivity contribution in [2.24, 2.45) is 0 Å². The van der Waals surface area contributed by atoms with E-state index in [2.05, 4.69) is 10.6 Å². The van der Waals surface area contributed by atoms with Gasteiger partial charge in [0, 0.05) is 12.6 Å². The third kappa shape index (κ3) is 4.01. The Morgan fingerprint density at radius 1 is 1.21 bits per heavy atom. The third-order valence-electron chi connectivity index (χ3n) is 3.95. The van der Waals surface area contributed by atoms with Crippen LogP contribution < -0.4 is 10.6 Å². The number of ether oxygens (including phenoxy) is 1. The Balaban J connectivity index is 2.53. The zero-order valence-electron chi connectivity index (χ0n) is 15.7. The highest BCUT2D eigenvalue weighted by atomic mass is 32.1. The SMILES string of the molecule is CCOC(=O)c1c(NC(=O)c2cccc(C)c2[N+](=O)[O-])sc(C(=O)NC)c1C. The van der Waals surface area contributed by atoms with Crippen molar-refractivity contribution >= 4 is 39.8 Å². The van der Waals surface area contributed by atoms with E-state index in [0.717, 1.165) is 11.3 Å². The number of benzene rings is 1. The number of carbonyl (C=O) groups is 3. The average molecular weight is 405 g/mol. The summed E-state index contributed by atoms with van der Waals surface area (Å²) in [5.74, 6) is -1.87. The number of nitrogens with one attached hydrogen (secondary N) is 2. The summed E-state index contributed by atoms with van der Waals surface area (Å²) in [6.45, 7) is 4.84. The zero-order valence-corrected chi connectivity index (χ0v) is 16.6. The van der Waals surface area contributed by atoms with Gasteiger partial charge in [-0.15, -0.1) is 11.3 Å². The molecule has 148 valence electrons. The fourth-order valence-corrected chi connectivity index (χ4v) is 3.77. The van der Waals surface area contributed by atoms with E-state index >= 15 is 0 Å². The van der Waals surface area contributed by atoms with Gasteiger partial charge in [-0.05, 0) is 32.4 Å². The molecule has 2 aromatic rings. The predicted molar refractivity (Wildman–Crippen MR) is 104 cm³/mol. The van der Waals surface area contributed by atoms with Gasteiger partial charge < -0.3 is 15.4 Å². The summed E-state index contributed by atoms with van der Waals surface area (Å²) >= 11 is 0.900. The molecule has 1 heterocycles. The molecule has 1 aromatic heterocycles. The fourth-order valence-electron chi connectivity index (χ4n) is 2.64. The number of para-hydroxylation sites is 1. The Bertz CT molecular complexity index is 966. The maximum atomic E-state index is 12.7. The second kappa shape index (κ2) is 8.61. The van der Waals surface area contributed by atoms with Gasteiger partial charge in [-0.2, -0.15) is 0 Å². The highest BCUT2D eigenvalue weighted by molar-refractivity contribution is 7.18. The van der Waals surface area contributed by atoms with Crippen molar-refractivity contribution in [3.63, 3.8) is 0 Å². The minimum Gasteiger partial charge on any atom is -0.462 e. The Morgan fingerprint density at radius 2 is 1.89 bits per heavy atom. The second-order valence-electron chi connectivity index (χ2n) is 5.74. The van der Waals surface area contributed by atoms with Gasteiger partial charge in [0.15, 0.2) is 0 Å². The summed E-state index contributed by atoms with van der Waals surface area (Å²) in [7, 11) is 1.44. The first kappa shape index (κ1) is 21.0. The molecule has 0 atom stereocenters. The maximum Gasteiger partial charge on any atom is 0.341 e. The Labute approximate surface area is 164 Å². The maximum absolute atomic E-state index is 12.7. The number of thiophene rings is 1. The van der Waals surface area contributed by atoms with Gasteiger partial charge in [0.1, 0.15) is 10.6 Å². The molecule has 0 unspecified atom stereocenters. The fraction of sp³-hybridized carbons (Fsp3) is 0.278. The van der Waals surface area contributed by atoms with Gasteiger partial charge in [-0.25, -0.2) is 4.79 Å². The average Bonchev–Trinajstić information content (AvgIpc) is 2.96. The summed E-state index contributed by atoms with van der Waals surface area (Å²) in [6, 6.07) is 4.38. The molecule has 0 aliphatic rings. The molecule has 2 rings (SSSR count). The summed E-state index contributed by atoms with van der Waals surface area (Å²) in [5, 5.41) is 16.4. The minimum absolute atomic E-state index is 0.0501. The van der Waals surface area contributed by atoms with Crippen molar-refractivity contribution in [3.05, 3.63) is 55.4 Å². The van der Waals surface area contributed by atoms with Gasteiger partial charge in [-0.1, -0.05) is 12.1 Å². The second-order valence-corrected chi connectivity index (χ2v) is 6.76. The van der Waals surface area contributed by atoms with E-state index < -0.39 is 22.7 Å². The molecule has 2 N–H and O–H groups in total. The summed E-state index contributed by atoms with van der Waals surface area (Å²) in [6.07, 6.45) is 0. The molecular weight excluding hydrogens is 386 g/mol. The molecule has 0 fully saturated rings. The van der Waals surface area contributed by atoms with E-state index in [4.69, 9.17) is 4.74 Å². The molecule has 0 bridgehead atoms. The Morgan fingerprint density at radius 3 is 2.46 bits per heavy atom. The van der Waals surface area contributed by atoms with Crippen LogP contribution in [0.5, 0.6) is 0 Å². The smallest absolute Gasteiger partial charge is 0.341 e. The monoisotopic (exact) mass is 405 g/mol. The first-order valence-corrected chi connectivity index (χ1v) is 9.12. The number of nitrogens with zero attached hydrogens (tertiary/aromatic N) is 1. The van der Waals surface area contributed by atoms with E-state index in [-0.39, 0.29) is 33.3 Å². The van der Waals surface area contributed by atoms with E-state index in [1.165, 1.54) is 32.2 Å². The number of aryl methyl sites for hydroxylation is 1. The number of hydrogen-bond donors (Lipinski definition) is 2. The molecule has 0 radical (unpaired) electrons. The number of anilines is 1. The normalized spacial score (nSPS) is 10.3. The molecule has 9 nitrogen and oxygen atoms in total. The third-order valence-corrected chi connectivity index (χ3v) is 5.16. The number of carbonyl (C=O) groups excluding carboxylic acids is 3. The highest BCUT2D eigenvalue weighted by Gasteiger charge is 2.28. The first-order chi connectivity index (χ1) is 13.2. The molecule has 0 aliphatic heterocycles. The molecule has 0 saturated heterocycles. The lowest BCUT2D eigenvalue weighted by molar-refractivity contribution is -0.385. The van der Waals surface area contributed by atoms with Crippen LogP contribution in [0.1, 0.15) is 48.4 Å². The van der Waals surface area contributed by atoms with Gasteiger partial charge in [0.25, 0.3) is 17.5 Å². The van der Waals surface area contributed by atoms with Crippen molar-refractivity contribution in [2.45, 2.75) is 20.8 Å². The Hall–Kier alpha value is -3.27. The minimum atomic E-state index is -0.759. The Kier molecular flexibility index (Phi) is 6.47. The van der Waals surface area contributed by atoms with Crippen molar-refractivity contribution in [2.75, 3.05) is 19.0 Å². The van der Waals surface area contributed by atoms with Crippen molar-refractivity contribution in [1.29, 1.82) is 0 Å². The van der Waals surface area contributed by atoms with E-state index in [9.17, 15) is 24.5 Å². The van der Waals surface area contributed by atoms with Crippen LogP contribution in [0.2, 0.25) is 0 Å². The number of nitro benzene ring substituents is 1. The molecule has 28 heavy (non-hydrogen) atoms. The standard InChI is InChI=1S/C18H19N3O6S/c1-5-27-18(24)12-10(3)14(16(23)19-4)28-17(12)20-15(22)11-8-6-7-9(2)13(11)21(25)26/h6-8H,5H2,1-4H3,(H,19,23)(H,20,22). The number of hydrogen-bond acceptors (Lipinski definition) is 7. The summed E-state index contributed by atoms with van der Waals surface area (Å²) < 4.78 is 5.02. The molecule has 0 spiro atoms. The molecule has 1 aromatic carbocycles. The van der Waals surface area contributed by atoms with Crippen LogP contribution in [-0.2, 0) is 4.74 Å². The largest absolute Gasteiger partial charge is 0.462 e. The number of rotatable bonds is 6. The molecule has 2 amide bonds. The lowest BCUT2D eigenvalue weighted by atomic mass is 10.1. The van der Waals surface area contributed by atoms with Gasteiger partial charge in [0.2, 0.25) is 0 Å². The lowest BCUT2D eigenvalue weighted by Gasteiger charge is -2.08. The van der Waals surface area contributed by atoms with Crippen LogP contribution in [0.3, 0.4) is 0 Å². The molecule has 0 aliphatic carbocycles. The number of nitro groups is 1. The van der Waals surface area contributed by atoms with E-state index in [0.29, 0.717) is 11.1 Å². The summed E-state index contributed by atoms with van der Waals surface area (Å²) in [5.41, 5.74) is 0.271. The van der Waals surface area contributed by atoms with E-state index in [1.54, 1.807) is 13.8 Å². The topological polar surface area (TPSA) is 128 Å². The highest BCUT2D eigenvalue weighted by Crippen LogP contribution is 2.35. The molecule has 10 heteroatoms. The zero-order chi connectivity index (χ0) is 21.0. The van der Waals surface area contributed by atoms with Gasteiger partial charge in [0.05, 0.1) is 22.0 Å². The van der Waals surface area contributed by atoms with E-state index in [1.807, 2.05) is 0 Å².